The highest BCUT2D eigenvalue weighted by Crippen LogP contribution is 2.37. The van der Waals surface area contributed by atoms with Crippen LogP contribution in [0.3, 0.4) is 0 Å². The van der Waals surface area contributed by atoms with E-state index < -0.39 is 71.9 Å². The molecule has 2 fully saturated rings. The third-order valence-corrected chi connectivity index (χ3v) is 9.58. The van der Waals surface area contributed by atoms with Gasteiger partial charge in [0.05, 0.1) is 35.9 Å². The van der Waals surface area contributed by atoms with Gasteiger partial charge in [-0.2, -0.15) is 0 Å². The smallest absolute Gasteiger partial charge is 0.311 e. The van der Waals surface area contributed by atoms with E-state index in [1.807, 2.05) is 20.8 Å². The molecule has 41 heavy (non-hydrogen) atoms. The van der Waals surface area contributed by atoms with Gasteiger partial charge in [-0.25, -0.2) is 0 Å². The molecule has 0 spiro atoms. The largest absolute Gasteiger partial charge is 0.459 e. The number of rotatable bonds is 7. The van der Waals surface area contributed by atoms with E-state index in [0.29, 0.717) is 32.4 Å². The second-order valence-corrected chi connectivity index (χ2v) is 13.0. The summed E-state index contributed by atoms with van der Waals surface area (Å²) in [7, 11) is 1.53. The van der Waals surface area contributed by atoms with Crippen molar-refractivity contribution in [2.45, 2.75) is 141 Å². The summed E-state index contributed by atoms with van der Waals surface area (Å²) >= 11 is 0. The summed E-state index contributed by atoms with van der Waals surface area (Å²) in [6, 6.07) is -0.262. The maximum Gasteiger partial charge on any atom is 0.311 e. The average Bonchev–Trinajstić information content (AvgIpc) is 2.91. The van der Waals surface area contributed by atoms with Gasteiger partial charge in [-0.05, 0) is 58.8 Å². The highest BCUT2D eigenvalue weighted by atomic mass is 16.7. The number of hydrogen-bond acceptors (Lipinski definition) is 11. The molecule has 0 aromatic carbocycles. The zero-order valence-corrected chi connectivity index (χ0v) is 26.6. The van der Waals surface area contributed by atoms with Crippen molar-refractivity contribution in [3.05, 3.63) is 0 Å². The van der Waals surface area contributed by atoms with E-state index in [4.69, 9.17) is 24.7 Å². The van der Waals surface area contributed by atoms with E-state index in [1.165, 1.54) is 14.0 Å². The number of nitrogens with one attached hydrogen (secondary N) is 1. The van der Waals surface area contributed by atoms with Crippen LogP contribution in [0.1, 0.15) is 81.1 Å². The number of cyclic esters (lactones) is 1. The first-order chi connectivity index (χ1) is 19.0. The maximum absolute atomic E-state index is 13.6. The van der Waals surface area contributed by atoms with E-state index in [2.05, 4.69) is 5.32 Å². The van der Waals surface area contributed by atoms with Crippen LogP contribution in [-0.4, -0.2) is 107 Å². The summed E-state index contributed by atoms with van der Waals surface area (Å²) in [5.74, 6) is -2.14. The van der Waals surface area contributed by atoms with Crippen molar-refractivity contribution in [3.63, 3.8) is 0 Å². The molecule has 0 aromatic heterocycles. The second kappa shape index (κ2) is 15.2. The fraction of sp³-hybridized carbons (Fsp3) is 0.967. The molecule has 0 aromatic rings. The van der Waals surface area contributed by atoms with Crippen molar-refractivity contribution in [3.8, 4) is 0 Å². The van der Waals surface area contributed by atoms with Gasteiger partial charge >= 0.3 is 5.97 Å². The van der Waals surface area contributed by atoms with E-state index in [1.54, 1.807) is 27.7 Å². The molecular weight excluding hydrogens is 532 g/mol. The minimum absolute atomic E-state index is 0.0713. The van der Waals surface area contributed by atoms with Gasteiger partial charge in [0, 0.05) is 38.6 Å². The first kappa shape index (κ1) is 36.3. The quantitative estimate of drug-likeness (QED) is 0.236. The molecule has 11 heteroatoms. The summed E-state index contributed by atoms with van der Waals surface area (Å²) in [6.45, 7) is 15.2. The number of carbonyl (C=O) groups excluding carboxylic acids is 1. The Balaban J connectivity index is 2.45. The third kappa shape index (κ3) is 8.61. The van der Waals surface area contributed by atoms with Crippen LogP contribution in [0, 0.1) is 23.7 Å². The van der Waals surface area contributed by atoms with Gasteiger partial charge in [0.15, 0.2) is 6.29 Å². The molecule has 0 saturated carbocycles. The van der Waals surface area contributed by atoms with E-state index in [9.17, 15) is 25.2 Å². The third-order valence-electron chi connectivity index (χ3n) is 9.58. The van der Waals surface area contributed by atoms with Crippen LogP contribution in [0.4, 0.5) is 0 Å². The molecule has 2 aliphatic rings. The fourth-order valence-corrected chi connectivity index (χ4v) is 6.82. The van der Waals surface area contributed by atoms with Crippen LogP contribution in [-0.2, 0) is 23.7 Å². The van der Waals surface area contributed by atoms with Crippen molar-refractivity contribution >= 4 is 5.97 Å². The van der Waals surface area contributed by atoms with Crippen molar-refractivity contribution in [2.24, 2.45) is 29.4 Å². The maximum atomic E-state index is 13.6. The van der Waals surface area contributed by atoms with Gasteiger partial charge in [0.2, 0.25) is 0 Å². The molecule has 2 rings (SSSR count). The van der Waals surface area contributed by atoms with Crippen LogP contribution in [0.2, 0.25) is 0 Å². The van der Waals surface area contributed by atoms with Crippen molar-refractivity contribution in [2.75, 3.05) is 20.2 Å². The average molecular weight is 591 g/mol. The Kier molecular flexibility index (Phi) is 13.5. The predicted molar refractivity (Wildman–Crippen MR) is 155 cm³/mol. The molecule has 7 N–H and O–H groups in total. The normalized spacial score (nSPS) is 47.4. The Labute approximate surface area is 246 Å². The monoisotopic (exact) mass is 590 g/mol. The number of hydrogen-bond donors (Lipinski definition) is 6. The number of esters is 1. The molecule has 2 saturated heterocycles. The first-order valence-electron chi connectivity index (χ1n) is 15.3. The first-order valence-corrected chi connectivity index (χ1v) is 15.3. The molecule has 242 valence electrons. The van der Waals surface area contributed by atoms with Crippen LogP contribution in [0.25, 0.3) is 0 Å². The number of ether oxygens (including phenoxy) is 4. The summed E-state index contributed by atoms with van der Waals surface area (Å²) in [5, 5.41) is 48.2. The molecular formula is C30H58N2O9. The summed E-state index contributed by atoms with van der Waals surface area (Å²) in [5.41, 5.74) is 3.11. The standard InChI is InChI=1S/C30H58N2O9/c1-10-22-30(8,37)26(34)18(4)24(32-12-11-31)16(2)13-21(33)14-17(3)25(19(5)28(36)40-22)41-23-15-29(7,38-9)27(35)20(6)39-23/h16-27,32-35,37H,10-15,31H2,1-9H3/t16-,17-,18+,19-,20?,21-,22+,23?,24+,25?,26-,27?,29?,30-/m1/s1. The highest BCUT2D eigenvalue weighted by Gasteiger charge is 2.49. The molecule has 0 aliphatic carbocycles. The van der Waals surface area contributed by atoms with E-state index in [-0.39, 0.29) is 24.3 Å². The van der Waals surface area contributed by atoms with Gasteiger partial charge in [0.1, 0.15) is 17.8 Å². The number of carbonyl (C=O) groups is 1. The molecule has 2 aliphatic heterocycles. The van der Waals surface area contributed by atoms with Crippen molar-refractivity contribution in [1.29, 1.82) is 0 Å². The highest BCUT2D eigenvalue weighted by molar-refractivity contribution is 5.73. The topological polar surface area (TPSA) is 173 Å². The molecule has 5 unspecified atom stereocenters. The van der Waals surface area contributed by atoms with Crippen molar-refractivity contribution < 1.29 is 44.2 Å². The lowest BCUT2D eigenvalue weighted by Crippen LogP contribution is -2.59. The summed E-state index contributed by atoms with van der Waals surface area (Å²) in [4.78, 5) is 13.6. The molecule has 2 heterocycles. The Hall–Kier alpha value is -0.890. The van der Waals surface area contributed by atoms with E-state index in [0.717, 1.165) is 0 Å². The SMILES string of the molecule is CC[C@@H]1OC(=O)[C@H](C)C(OC2CC(C)(OC)C(O)C(C)O2)[C@H](C)C[C@H](O)C[C@@H](C)[C@H](NCCN)[C@H](C)[C@@H](O)[C@]1(C)O. The summed E-state index contributed by atoms with van der Waals surface area (Å²) in [6.07, 6.45) is -4.50. The molecule has 0 radical (unpaired) electrons. The van der Waals surface area contributed by atoms with Crippen molar-refractivity contribution in [1.82, 2.24) is 5.32 Å². The number of aliphatic hydroxyl groups is 4. The number of nitrogens with two attached hydrogens (primary N) is 1. The second-order valence-electron chi connectivity index (χ2n) is 13.0. The Morgan fingerprint density at radius 1 is 1.05 bits per heavy atom. The number of methoxy groups -OCH3 is 1. The lowest BCUT2D eigenvalue weighted by atomic mass is 9.75. The van der Waals surface area contributed by atoms with Crippen LogP contribution in [0.15, 0.2) is 0 Å². The Bertz CT molecular complexity index is 817. The van der Waals surface area contributed by atoms with Crippen LogP contribution < -0.4 is 11.1 Å². The minimum atomic E-state index is -1.74. The lowest BCUT2D eigenvalue weighted by molar-refractivity contribution is -0.296. The predicted octanol–water partition coefficient (Wildman–Crippen LogP) is 1.32. The van der Waals surface area contributed by atoms with Gasteiger partial charge in [0.25, 0.3) is 0 Å². The van der Waals surface area contributed by atoms with Gasteiger partial charge in [-0.3, -0.25) is 4.79 Å². The molecule has 14 atom stereocenters. The Morgan fingerprint density at radius 3 is 2.22 bits per heavy atom. The van der Waals surface area contributed by atoms with Gasteiger partial charge in [-0.15, -0.1) is 0 Å². The van der Waals surface area contributed by atoms with Gasteiger partial charge < -0.3 is 50.4 Å². The van der Waals surface area contributed by atoms with Crippen LogP contribution >= 0.6 is 0 Å². The molecule has 0 amide bonds. The molecule has 11 nitrogen and oxygen atoms in total. The van der Waals surface area contributed by atoms with Crippen LogP contribution in [0.5, 0.6) is 0 Å². The number of aliphatic hydroxyl groups excluding tert-OH is 3. The fourth-order valence-electron chi connectivity index (χ4n) is 6.82. The zero-order chi connectivity index (χ0) is 31.3. The van der Waals surface area contributed by atoms with Gasteiger partial charge in [-0.1, -0.05) is 27.7 Å². The lowest BCUT2D eigenvalue weighted by Gasteiger charge is -2.46. The summed E-state index contributed by atoms with van der Waals surface area (Å²) < 4.78 is 23.9. The van der Waals surface area contributed by atoms with E-state index >= 15 is 0 Å². The zero-order valence-electron chi connectivity index (χ0n) is 26.6. The minimum Gasteiger partial charge on any atom is -0.459 e. The molecule has 0 bridgehead atoms. The Morgan fingerprint density at radius 2 is 1.66 bits per heavy atom.